The fourth-order valence-corrected chi connectivity index (χ4v) is 2.83. The predicted octanol–water partition coefficient (Wildman–Crippen LogP) is 3.91. The summed E-state index contributed by atoms with van der Waals surface area (Å²) in [6.45, 7) is 4.58. The van der Waals surface area contributed by atoms with Crippen LogP contribution < -0.4 is 10.1 Å². The minimum Gasteiger partial charge on any atom is -0.484 e. The quantitative estimate of drug-likeness (QED) is 0.620. The normalized spacial score (nSPS) is 12.4. The van der Waals surface area contributed by atoms with Gasteiger partial charge in [-0.05, 0) is 44.0 Å². The van der Waals surface area contributed by atoms with Gasteiger partial charge < -0.3 is 15.2 Å². The SMILES string of the molecule is Cc1cc(Cn2cc3c(NCC(C)(C)O)nccc3n2)ccc1OCC(F)(F)F. The summed E-state index contributed by atoms with van der Waals surface area (Å²) in [6, 6.07) is 6.83. The van der Waals surface area contributed by atoms with E-state index in [1.54, 1.807) is 49.8 Å². The van der Waals surface area contributed by atoms with Crippen LogP contribution in [0.3, 0.4) is 0 Å². The molecule has 0 bridgehead atoms. The molecule has 6 nitrogen and oxygen atoms in total. The fourth-order valence-electron chi connectivity index (χ4n) is 2.83. The molecule has 1 aromatic carbocycles. The summed E-state index contributed by atoms with van der Waals surface area (Å²) in [4.78, 5) is 4.31. The monoisotopic (exact) mass is 408 g/mol. The first-order valence-electron chi connectivity index (χ1n) is 9.08. The van der Waals surface area contributed by atoms with Gasteiger partial charge in [-0.1, -0.05) is 12.1 Å². The minimum absolute atomic E-state index is 0.207. The molecule has 0 radical (unpaired) electrons. The van der Waals surface area contributed by atoms with Crippen molar-refractivity contribution in [2.75, 3.05) is 18.5 Å². The molecule has 0 atom stereocenters. The number of nitrogens with zero attached hydrogens (tertiary/aromatic N) is 3. The van der Waals surface area contributed by atoms with Crippen molar-refractivity contribution in [1.82, 2.24) is 14.8 Å². The van der Waals surface area contributed by atoms with Gasteiger partial charge >= 0.3 is 6.18 Å². The number of rotatable bonds is 7. The number of hydrogen-bond donors (Lipinski definition) is 2. The van der Waals surface area contributed by atoms with Crippen LogP contribution in [0.15, 0.2) is 36.7 Å². The first kappa shape index (κ1) is 20.9. The topological polar surface area (TPSA) is 72.2 Å². The molecule has 0 fully saturated rings. The molecule has 0 saturated heterocycles. The molecule has 29 heavy (non-hydrogen) atoms. The van der Waals surface area contributed by atoms with Crippen LogP contribution in [0.25, 0.3) is 10.9 Å². The van der Waals surface area contributed by atoms with E-state index in [9.17, 15) is 18.3 Å². The van der Waals surface area contributed by atoms with Crippen LogP contribution in [0.1, 0.15) is 25.0 Å². The van der Waals surface area contributed by atoms with Crippen molar-refractivity contribution in [3.8, 4) is 5.75 Å². The first-order valence-corrected chi connectivity index (χ1v) is 9.08. The fraction of sp³-hybridized carbons (Fsp3) is 0.400. The maximum atomic E-state index is 12.3. The van der Waals surface area contributed by atoms with Crippen LogP contribution in [-0.2, 0) is 6.54 Å². The Bertz CT molecular complexity index is 994. The molecule has 2 heterocycles. The number of aliphatic hydroxyl groups is 1. The van der Waals surface area contributed by atoms with E-state index in [0.29, 0.717) is 24.5 Å². The van der Waals surface area contributed by atoms with Crippen molar-refractivity contribution in [3.05, 3.63) is 47.8 Å². The molecule has 2 aromatic heterocycles. The lowest BCUT2D eigenvalue weighted by Crippen LogP contribution is -2.29. The van der Waals surface area contributed by atoms with Gasteiger partial charge in [0.05, 0.1) is 23.0 Å². The number of alkyl halides is 3. The predicted molar refractivity (Wildman–Crippen MR) is 104 cm³/mol. The molecule has 0 saturated carbocycles. The number of halogens is 3. The summed E-state index contributed by atoms with van der Waals surface area (Å²) in [7, 11) is 0. The third-order valence-electron chi connectivity index (χ3n) is 4.15. The standard InChI is InChI=1S/C20H23F3N4O2/c1-13-8-14(4-5-17(13)29-12-20(21,22)23)9-27-10-15-16(26-27)6-7-24-18(15)25-11-19(2,3)28/h4-8,10,28H,9,11-12H2,1-3H3,(H,24,25). The van der Waals surface area contributed by atoms with Gasteiger partial charge in [-0.2, -0.15) is 18.3 Å². The molecular weight excluding hydrogens is 385 g/mol. The minimum atomic E-state index is -4.37. The van der Waals surface area contributed by atoms with Crippen LogP contribution in [0.5, 0.6) is 5.75 Å². The molecule has 156 valence electrons. The van der Waals surface area contributed by atoms with Gasteiger partial charge in [0.1, 0.15) is 11.6 Å². The van der Waals surface area contributed by atoms with Crippen LogP contribution in [0, 0.1) is 6.92 Å². The van der Waals surface area contributed by atoms with Crippen molar-refractivity contribution in [1.29, 1.82) is 0 Å². The summed E-state index contributed by atoms with van der Waals surface area (Å²) < 4.78 is 43.6. The highest BCUT2D eigenvalue weighted by Crippen LogP contribution is 2.24. The highest BCUT2D eigenvalue weighted by Gasteiger charge is 2.28. The second-order valence-electron chi connectivity index (χ2n) is 7.59. The Labute approximate surface area is 166 Å². The largest absolute Gasteiger partial charge is 0.484 e. The average Bonchev–Trinajstić information content (AvgIpc) is 3.00. The number of anilines is 1. The smallest absolute Gasteiger partial charge is 0.422 e. The Morgan fingerprint density at radius 1 is 1.21 bits per heavy atom. The maximum absolute atomic E-state index is 12.3. The van der Waals surface area contributed by atoms with Crippen molar-refractivity contribution in [3.63, 3.8) is 0 Å². The number of benzene rings is 1. The molecule has 2 N–H and O–H groups in total. The third-order valence-corrected chi connectivity index (χ3v) is 4.15. The summed E-state index contributed by atoms with van der Waals surface area (Å²) in [5.41, 5.74) is 1.37. The summed E-state index contributed by atoms with van der Waals surface area (Å²) in [5.74, 6) is 0.835. The molecule has 0 unspecified atom stereocenters. The van der Waals surface area contributed by atoms with Gasteiger partial charge in [-0.25, -0.2) is 4.98 Å². The summed E-state index contributed by atoms with van der Waals surface area (Å²) in [5, 5.41) is 18.4. The number of aryl methyl sites for hydroxylation is 1. The Kier molecular flexibility index (Phi) is 5.70. The van der Waals surface area contributed by atoms with E-state index in [1.807, 2.05) is 6.20 Å². The zero-order chi connectivity index (χ0) is 21.2. The van der Waals surface area contributed by atoms with Crippen molar-refractivity contribution < 1.29 is 23.0 Å². The number of fused-ring (bicyclic) bond motifs is 1. The molecule has 0 amide bonds. The number of aromatic nitrogens is 3. The van der Waals surface area contributed by atoms with Crippen LogP contribution in [0.2, 0.25) is 0 Å². The highest BCUT2D eigenvalue weighted by atomic mass is 19.4. The molecule has 3 rings (SSSR count). The Morgan fingerprint density at radius 3 is 2.62 bits per heavy atom. The maximum Gasteiger partial charge on any atom is 0.422 e. The zero-order valence-electron chi connectivity index (χ0n) is 16.4. The van der Waals surface area contributed by atoms with Crippen molar-refractivity contribution in [2.45, 2.75) is 39.1 Å². The van der Waals surface area contributed by atoms with E-state index < -0.39 is 18.4 Å². The van der Waals surface area contributed by atoms with Gasteiger partial charge in [0.2, 0.25) is 0 Å². The lowest BCUT2D eigenvalue weighted by molar-refractivity contribution is -0.153. The zero-order valence-corrected chi connectivity index (χ0v) is 16.4. The average molecular weight is 408 g/mol. The van der Waals surface area contributed by atoms with E-state index in [4.69, 9.17) is 4.74 Å². The lowest BCUT2D eigenvalue weighted by Gasteiger charge is -2.18. The Balaban J connectivity index is 1.75. The van der Waals surface area contributed by atoms with E-state index >= 15 is 0 Å². The molecule has 9 heteroatoms. The van der Waals surface area contributed by atoms with Crippen molar-refractivity contribution >= 4 is 16.7 Å². The second-order valence-corrected chi connectivity index (χ2v) is 7.59. The number of pyridine rings is 1. The number of nitrogens with one attached hydrogen (secondary N) is 1. The lowest BCUT2D eigenvalue weighted by atomic mass is 10.1. The van der Waals surface area contributed by atoms with Gasteiger partial charge in [-0.15, -0.1) is 0 Å². The van der Waals surface area contributed by atoms with Crippen molar-refractivity contribution in [2.24, 2.45) is 0 Å². The second kappa shape index (κ2) is 7.90. The molecule has 3 aromatic rings. The van der Waals surface area contributed by atoms with Crippen LogP contribution >= 0.6 is 0 Å². The van der Waals surface area contributed by atoms with Crippen LogP contribution in [-0.4, -0.2) is 44.8 Å². The Morgan fingerprint density at radius 2 is 1.97 bits per heavy atom. The highest BCUT2D eigenvalue weighted by molar-refractivity contribution is 5.88. The van der Waals surface area contributed by atoms with Gasteiger partial charge in [0.15, 0.2) is 6.61 Å². The molecule has 0 aliphatic heterocycles. The third kappa shape index (κ3) is 5.83. The van der Waals surface area contributed by atoms with E-state index in [-0.39, 0.29) is 5.75 Å². The molecular formula is C20H23F3N4O2. The van der Waals surface area contributed by atoms with E-state index in [1.165, 1.54) is 6.07 Å². The van der Waals surface area contributed by atoms with Gasteiger partial charge in [0, 0.05) is 18.9 Å². The molecule has 0 spiro atoms. The molecule has 0 aliphatic carbocycles. The number of ether oxygens (including phenoxy) is 1. The first-order chi connectivity index (χ1) is 13.5. The van der Waals surface area contributed by atoms with E-state index in [2.05, 4.69) is 15.4 Å². The van der Waals surface area contributed by atoms with Gasteiger partial charge in [0.25, 0.3) is 0 Å². The summed E-state index contributed by atoms with van der Waals surface area (Å²) in [6.07, 6.45) is -0.882. The van der Waals surface area contributed by atoms with E-state index in [0.717, 1.165) is 16.5 Å². The Hall–Kier alpha value is -2.81. The van der Waals surface area contributed by atoms with Gasteiger partial charge in [-0.3, -0.25) is 4.68 Å². The summed E-state index contributed by atoms with van der Waals surface area (Å²) >= 11 is 0. The number of hydrogen-bond acceptors (Lipinski definition) is 5. The van der Waals surface area contributed by atoms with Crippen LogP contribution in [0.4, 0.5) is 19.0 Å². The molecule has 0 aliphatic rings.